The highest BCUT2D eigenvalue weighted by Gasteiger charge is 2.45. The van der Waals surface area contributed by atoms with Crippen molar-refractivity contribution in [2.24, 2.45) is 0 Å². The van der Waals surface area contributed by atoms with Gasteiger partial charge in [0.15, 0.2) is 0 Å². The highest BCUT2D eigenvalue weighted by atomic mass is 32.2. The fraction of sp³-hybridized carbons (Fsp3) is 0.391. The van der Waals surface area contributed by atoms with Crippen LogP contribution in [0.25, 0.3) is 0 Å². The van der Waals surface area contributed by atoms with Gasteiger partial charge < -0.3 is 9.64 Å². The van der Waals surface area contributed by atoms with Crippen molar-refractivity contribution in [1.29, 1.82) is 0 Å². The van der Waals surface area contributed by atoms with Crippen LogP contribution in [0.4, 0.5) is 0 Å². The minimum absolute atomic E-state index is 0.0131. The van der Waals surface area contributed by atoms with E-state index in [1.165, 1.54) is 29.4 Å². The van der Waals surface area contributed by atoms with Gasteiger partial charge in [-0.05, 0) is 56.2 Å². The van der Waals surface area contributed by atoms with Gasteiger partial charge in [-0.25, -0.2) is 13.9 Å². The molecule has 0 aromatic heterocycles. The van der Waals surface area contributed by atoms with Crippen LogP contribution in [0, 0.1) is 13.8 Å². The number of nitrogens with one attached hydrogen (secondary N) is 1. The van der Waals surface area contributed by atoms with Gasteiger partial charge in [0, 0.05) is 20.0 Å². The summed E-state index contributed by atoms with van der Waals surface area (Å²) in [5.41, 5.74) is 4.80. The number of ether oxygens (including phenoxy) is 1. The number of hydroxylamine groups is 1. The molecule has 10 heteroatoms. The van der Waals surface area contributed by atoms with E-state index in [-0.39, 0.29) is 23.9 Å². The predicted molar refractivity (Wildman–Crippen MR) is 121 cm³/mol. The molecule has 1 aliphatic rings. The lowest BCUT2D eigenvalue weighted by atomic mass is 10.0. The second-order valence-electron chi connectivity index (χ2n) is 8.18. The fourth-order valence-corrected chi connectivity index (χ4v) is 5.69. The molecule has 0 spiro atoms. The molecule has 0 radical (unpaired) electrons. The Morgan fingerprint density at radius 3 is 2.39 bits per heavy atom. The topological polar surface area (TPSA) is 116 Å². The zero-order chi connectivity index (χ0) is 24.3. The number of benzene rings is 2. The minimum atomic E-state index is -4.08. The Morgan fingerprint density at radius 2 is 1.79 bits per heavy atom. The number of aryl methyl sites for hydroxylation is 2. The summed E-state index contributed by atoms with van der Waals surface area (Å²) in [4.78, 5) is 25.6. The lowest BCUT2D eigenvalue weighted by Crippen LogP contribution is -2.65. The second kappa shape index (κ2) is 9.90. The predicted octanol–water partition coefficient (Wildman–Crippen LogP) is 2.00. The molecule has 9 nitrogen and oxygen atoms in total. The van der Waals surface area contributed by atoms with Crippen LogP contribution in [0.5, 0.6) is 5.75 Å². The van der Waals surface area contributed by atoms with Gasteiger partial charge in [-0.15, -0.1) is 0 Å². The van der Waals surface area contributed by atoms with Crippen LogP contribution < -0.4 is 10.2 Å². The van der Waals surface area contributed by atoms with Gasteiger partial charge in [-0.2, -0.15) is 4.31 Å². The molecular formula is C23H29N3O6S. The van der Waals surface area contributed by atoms with Crippen LogP contribution in [0.3, 0.4) is 0 Å². The average molecular weight is 476 g/mol. The number of nitrogens with zero attached hydrogens (tertiary/aromatic N) is 2. The Bertz CT molecular complexity index is 1130. The second-order valence-corrected chi connectivity index (χ2v) is 10.1. The zero-order valence-corrected chi connectivity index (χ0v) is 19.9. The summed E-state index contributed by atoms with van der Waals surface area (Å²) >= 11 is 0. The summed E-state index contributed by atoms with van der Waals surface area (Å²) in [6, 6.07) is 10.0. The Labute approximate surface area is 194 Å². The number of hydrogen-bond donors (Lipinski definition) is 2. The lowest BCUT2D eigenvalue weighted by molar-refractivity contribution is -0.142. The van der Waals surface area contributed by atoms with Gasteiger partial charge in [0.25, 0.3) is 5.91 Å². The molecule has 2 aromatic carbocycles. The molecule has 33 heavy (non-hydrogen) atoms. The van der Waals surface area contributed by atoms with E-state index in [9.17, 15) is 18.0 Å². The van der Waals surface area contributed by atoms with Crippen LogP contribution in [0.15, 0.2) is 47.4 Å². The van der Waals surface area contributed by atoms with Crippen LogP contribution in [-0.2, 0) is 26.2 Å². The Hall–Kier alpha value is -2.95. The smallest absolute Gasteiger partial charge is 0.263 e. The molecular weight excluding hydrogens is 446 g/mol. The largest absolute Gasteiger partial charge is 0.489 e. The van der Waals surface area contributed by atoms with E-state index in [0.717, 1.165) is 21.0 Å². The highest BCUT2D eigenvalue weighted by molar-refractivity contribution is 7.89. The standard InChI is InChI=1S/C23H29N3O6S/c1-15-5-6-16(2)19(13-15)14-32-20-7-9-21(10-8-20)33(30,31)26-12-11-25(18(4)27)17(3)22(26)23(28)24-29/h5-10,13,17,22,29H,11-12,14H2,1-4H3,(H,24,28). The van der Waals surface area contributed by atoms with Crippen LogP contribution in [0.1, 0.15) is 30.5 Å². The maximum Gasteiger partial charge on any atom is 0.263 e. The van der Waals surface area contributed by atoms with Gasteiger partial charge in [0.1, 0.15) is 18.4 Å². The molecule has 0 saturated carbocycles. The van der Waals surface area contributed by atoms with Crippen LogP contribution >= 0.6 is 0 Å². The van der Waals surface area contributed by atoms with Crippen molar-refractivity contribution in [2.75, 3.05) is 13.1 Å². The quantitative estimate of drug-likeness (QED) is 0.488. The first-order valence-corrected chi connectivity index (χ1v) is 12.0. The van der Waals surface area contributed by atoms with E-state index in [4.69, 9.17) is 9.94 Å². The maximum absolute atomic E-state index is 13.3. The summed E-state index contributed by atoms with van der Waals surface area (Å²) in [6.45, 7) is 7.35. The Balaban J connectivity index is 1.80. The monoisotopic (exact) mass is 475 g/mol. The summed E-state index contributed by atoms with van der Waals surface area (Å²) in [6.07, 6.45) is 0. The van der Waals surface area contributed by atoms with E-state index in [2.05, 4.69) is 0 Å². The summed E-state index contributed by atoms with van der Waals surface area (Å²) < 4.78 is 33.5. The van der Waals surface area contributed by atoms with Crippen molar-refractivity contribution in [3.63, 3.8) is 0 Å². The molecule has 1 fully saturated rings. The normalized spacial score (nSPS) is 19.2. The van der Waals surface area contributed by atoms with Crippen molar-refractivity contribution in [1.82, 2.24) is 14.7 Å². The van der Waals surface area contributed by atoms with Crippen molar-refractivity contribution >= 4 is 21.8 Å². The fourth-order valence-electron chi connectivity index (χ4n) is 4.05. The SMILES string of the molecule is CC(=O)N1CCN(S(=O)(=O)c2ccc(OCc3cc(C)ccc3C)cc2)C(C(=O)NO)C1C. The molecule has 2 atom stereocenters. The van der Waals surface area contributed by atoms with E-state index < -0.39 is 28.0 Å². The number of amides is 2. The maximum atomic E-state index is 13.3. The minimum Gasteiger partial charge on any atom is -0.489 e. The molecule has 2 aromatic rings. The molecule has 0 bridgehead atoms. The average Bonchev–Trinajstić information content (AvgIpc) is 2.78. The number of rotatable bonds is 6. The molecule has 1 saturated heterocycles. The highest BCUT2D eigenvalue weighted by Crippen LogP contribution is 2.27. The van der Waals surface area contributed by atoms with E-state index >= 15 is 0 Å². The molecule has 3 rings (SSSR count). The van der Waals surface area contributed by atoms with Crippen molar-refractivity contribution < 1.29 is 28.0 Å². The van der Waals surface area contributed by atoms with E-state index in [0.29, 0.717) is 12.4 Å². The third-order valence-electron chi connectivity index (χ3n) is 5.93. The Morgan fingerprint density at radius 1 is 1.12 bits per heavy atom. The number of sulfonamides is 1. The summed E-state index contributed by atoms with van der Waals surface area (Å²) in [5, 5.41) is 9.17. The van der Waals surface area contributed by atoms with Gasteiger partial charge >= 0.3 is 0 Å². The number of piperazine rings is 1. The third kappa shape index (κ3) is 5.18. The van der Waals surface area contributed by atoms with Gasteiger partial charge in [0.2, 0.25) is 15.9 Å². The van der Waals surface area contributed by atoms with E-state index in [1.54, 1.807) is 19.1 Å². The molecule has 2 amide bonds. The molecule has 1 heterocycles. The van der Waals surface area contributed by atoms with Gasteiger partial charge in [-0.3, -0.25) is 14.8 Å². The third-order valence-corrected chi connectivity index (χ3v) is 7.83. The van der Waals surface area contributed by atoms with Gasteiger partial charge in [0.05, 0.1) is 10.9 Å². The molecule has 178 valence electrons. The Kier molecular flexibility index (Phi) is 7.41. The van der Waals surface area contributed by atoms with Crippen molar-refractivity contribution in [2.45, 2.75) is 51.3 Å². The number of hydrogen-bond acceptors (Lipinski definition) is 6. The first-order chi connectivity index (χ1) is 15.6. The first-order valence-electron chi connectivity index (χ1n) is 10.6. The van der Waals surface area contributed by atoms with Gasteiger partial charge in [-0.1, -0.05) is 23.8 Å². The van der Waals surface area contributed by atoms with Crippen molar-refractivity contribution in [3.8, 4) is 5.75 Å². The molecule has 0 aliphatic carbocycles. The first kappa shape index (κ1) is 24.7. The summed E-state index contributed by atoms with van der Waals surface area (Å²) in [5.74, 6) is -0.666. The molecule has 2 N–H and O–H groups in total. The number of carbonyl (C=O) groups is 2. The zero-order valence-electron chi connectivity index (χ0n) is 19.1. The van der Waals surface area contributed by atoms with E-state index in [1.807, 2.05) is 32.0 Å². The summed E-state index contributed by atoms with van der Waals surface area (Å²) in [7, 11) is -4.08. The van der Waals surface area contributed by atoms with Crippen molar-refractivity contribution in [3.05, 3.63) is 59.2 Å². The van der Waals surface area contributed by atoms with Crippen LogP contribution in [-0.4, -0.2) is 59.8 Å². The molecule has 2 unspecified atom stereocenters. The lowest BCUT2D eigenvalue weighted by Gasteiger charge is -2.43. The molecule has 1 aliphatic heterocycles. The number of carbonyl (C=O) groups excluding carboxylic acids is 2. The van der Waals surface area contributed by atoms with Crippen LogP contribution in [0.2, 0.25) is 0 Å².